The molecule has 0 bridgehead atoms. The standard InChI is InChI=1S/C24H31N7O2.C3H4F2/c1-3-4-5-8-17(2)28-24(29-26)21-13-20(15-27-23(21)25)18-9-10-19(22(14-18)31(32)33)16-30-11-6-7-12-30;1-3(5)2-4/h3-4,8-10,13-15H,5-7,11-12,16,26H2,1-2H3,(H2,25,27)(H,28,29);2H,1H3/b4-3-,17-8?;3-2-. The highest BCUT2D eigenvalue weighted by Gasteiger charge is 2.20. The minimum absolute atomic E-state index is 0.0833. The first-order chi connectivity index (χ1) is 18.2. The minimum Gasteiger partial charge on any atom is -0.383 e. The summed E-state index contributed by atoms with van der Waals surface area (Å²) in [5.74, 6) is 5.57. The molecule has 0 radical (unpaired) electrons. The summed E-state index contributed by atoms with van der Waals surface area (Å²) in [6.45, 7) is 7.40. The molecular formula is C27H35F2N7O2. The second-order valence-electron chi connectivity index (χ2n) is 8.69. The van der Waals surface area contributed by atoms with Crippen LogP contribution in [0.1, 0.15) is 51.2 Å². The molecule has 38 heavy (non-hydrogen) atoms. The van der Waals surface area contributed by atoms with Crippen molar-refractivity contribution in [2.24, 2.45) is 10.8 Å². The summed E-state index contributed by atoms with van der Waals surface area (Å²) in [6, 6.07) is 7.09. The Morgan fingerprint density at radius 1 is 1.26 bits per heavy atom. The predicted molar refractivity (Wildman–Crippen MR) is 148 cm³/mol. The lowest BCUT2D eigenvalue weighted by molar-refractivity contribution is -0.385. The highest BCUT2D eigenvalue weighted by Crippen LogP contribution is 2.30. The number of rotatable bonds is 8. The topological polar surface area (TPSA) is 136 Å². The van der Waals surface area contributed by atoms with Gasteiger partial charge in [0.2, 0.25) is 0 Å². The quantitative estimate of drug-likeness (QED) is 0.100. The van der Waals surface area contributed by atoms with Gasteiger partial charge in [0.05, 0.1) is 10.5 Å². The molecule has 1 aliphatic heterocycles. The number of amidine groups is 1. The Bertz CT molecular complexity index is 1220. The fourth-order valence-electron chi connectivity index (χ4n) is 3.82. The molecule has 1 saturated heterocycles. The molecule has 5 N–H and O–H groups in total. The average molecular weight is 528 g/mol. The first-order valence-electron chi connectivity index (χ1n) is 12.2. The second-order valence-corrected chi connectivity index (χ2v) is 8.69. The molecular weight excluding hydrogens is 492 g/mol. The van der Waals surface area contributed by atoms with Crippen LogP contribution in [0.2, 0.25) is 0 Å². The van der Waals surface area contributed by atoms with E-state index in [0.29, 0.717) is 34.6 Å². The number of benzene rings is 1. The summed E-state index contributed by atoms with van der Waals surface area (Å²) in [5, 5.41) is 11.8. The maximum Gasteiger partial charge on any atom is 0.274 e. The lowest BCUT2D eigenvalue weighted by Crippen LogP contribution is -2.32. The number of nitrogens with one attached hydrogen (secondary N) is 1. The van der Waals surface area contributed by atoms with Crippen molar-refractivity contribution in [2.75, 3.05) is 18.8 Å². The van der Waals surface area contributed by atoms with Gasteiger partial charge >= 0.3 is 0 Å². The van der Waals surface area contributed by atoms with E-state index in [9.17, 15) is 18.9 Å². The SMILES string of the molecule is C/C(F)=C/F.C/C=C\CC=C(C)N=C(NN)c1cc(-c2ccc(CN3CCCC3)c([N+](=O)[O-])c2)cnc1N. The van der Waals surface area contributed by atoms with Gasteiger partial charge in [-0.3, -0.25) is 15.0 Å². The predicted octanol–water partition coefficient (Wildman–Crippen LogP) is 5.70. The number of nitro groups is 1. The maximum absolute atomic E-state index is 11.8. The molecule has 1 aromatic heterocycles. The first-order valence-corrected chi connectivity index (χ1v) is 12.2. The number of aliphatic imine (C=N–C) groups is 1. The molecule has 0 amide bonds. The second kappa shape index (κ2) is 15.3. The van der Waals surface area contributed by atoms with Gasteiger partial charge in [-0.05, 0) is 64.8 Å². The van der Waals surface area contributed by atoms with Crippen LogP contribution in [0.5, 0.6) is 0 Å². The van der Waals surface area contributed by atoms with Crippen molar-refractivity contribution in [3.05, 3.63) is 87.8 Å². The lowest BCUT2D eigenvalue weighted by Gasteiger charge is -2.15. The molecule has 2 aromatic rings. The largest absolute Gasteiger partial charge is 0.383 e. The molecule has 0 aliphatic carbocycles. The van der Waals surface area contributed by atoms with Crippen molar-refractivity contribution in [2.45, 2.75) is 46.6 Å². The Hall–Kier alpha value is -3.96. The molecule has 0 atom stereocenters. The Morgan fingerprint density at radius 2 is 1.95 bits per heavy atom. The van der Waals surface area contributed by atoms with Crippen molar-refractivity contribution in [1.29, 1.82) is 0 Å². The zero-order chi connectivity index (χ0) is 28.1. The van der Waals surface area contributed by atoms with Crippen LogP contribution < -0.4 is 17.0 Å². The molecule has 2 heterocycles. The number of nitrogen functional groups attached to an aromatic ring is 1. The fourth-order valence-corrected chi connectivity index (χ4v) is 3.82. The molecule has 9 nitrogen and oxygen atoms in total. The summed E-state index contributed by atoms with van der Waals surface area (Å²) in [4.78, 5) is 22.5. The van der Waals surface area contributed by atoms with Gasteiger partial charge in [0.1, 0.15) is 18.0 Å². The van der Waals surface area contributed by atoms with Crippen molar-refractivity contribution >= 4 is 17.3 Å². The van der Waals surface area contributed by atoms with Crippen LogP contribution in [0.15, 0.2) is 71.5 Å². The van der Waals surface area contributed by atoms with Gasteiger partial charge in [-0.2, -0.15) is 0 Å². The number of nitro benzene ring substituents is 1. The van der Waals surface area contributed by atoms with E-state index < -0.39 is 5.83 Å². The van der Waals surface area contributed by atoms with Crippen LogP contribution in [-0.4, -0.2) is 33.7 Å². The summed E-state index contributed by atoms with van der Waals surface area (Å²) in [6.07, 6.45) is 10.5. The number of hydrazine groups is 1. The van der Waals surface area contributed by atoms with Crippen LogP contribution in [0.25, 0.3) is 11.1 Å². The third kappa shape index (κ3) is 9.16. The van der Waals surface area contributed by atoms with Gasteiger partial charge in [-0.25, -0.2) is 24.6 Å². The monoisotopic (exact) mass is 527 g/mol. The lowest BCUT2D eigenvalue weighted by atomic mass is 10.0. The molecule has 0 saturated carbocycles. The number of nitrogens with zero attached hydrogens (tertiary/aromatic N) is 4. The highest BCUT2D eigenvalue weighted by molar-refractivity contribution is 6.03. The van der Waals surface area contributed by atoms with Gasteiger partial charge in [0, 0.05) is 35.6 Å². The van der Waals surface area contributed by atoms with Gasteiger partial charge < -0.3 is 11.2 Å². The van der Waals surface area contributed by atoms with E-state index in [4.69, 9.17) is 11.6 Å². The van der Waals surface area contributed by atoms with Crippen molar-refractivity contribution in [1.82, 2.24) is 15.3 Å². The number of hydrogen-bond acceptors (Lipinski definition) is 7. The third-order valence-corrected chi connectivity index (χ3v) is 5.74. The van der Waals surface area contributed by atoms with E-state index in [1.807, 2.05) is 44.2 Å². The van der Waals surface area contributed by atoms with Gasteiger partial charge in [-0.1, -0.05) is 30.4 Å². The number of nitrogens with two attached hydrogens (primary N) is 2. The van der Waals surface area contributed by atoms with E-state index in [1.54, 1.807) is 18.3 Å². The Morgan fingerprint density at radius 3 is 2.53 bits per heavy atom. The van der Waals surface area contributed by atoms with Crippen LogP contribution >= 0.6 is 0 Å². The zero-order valence-corrected chi connectivity index (χ0v) is 22.0. The third-order valence-electron chi connectivity index (χ3n) is 5.74. The molecule has 11 heteroatoms. The van der Waals surface area contributed by atoms with Crippen molar-refractivity contribution < 1.29 is 13.7 Å². The number of allylic oxidation sites excluding steroid dienone is 5. The molecule has 3 rings (SSSR count). The van der Waals surface area contributed by atoms with E-state index in [-0.39, 0.29) is 22.8 Å². The first kappa shape index (κ1) is 30.3. The van der Waals surface area contributed by atoms with E-state index in [0.717, 1.165) is 45.0 Å². The van der Waals surface area contributed by atoms with Crippen LogP contribution in [0.3, 0.4) is 0 Å². The number of likely N-dealkylation sites (tertiary alicyclic amines) is 1. The molecule has 1 fully saturated rings. The number of pyridine rings is 1. The number of hydrogen-bond donors (Lipinski definition) is 3. The molecule has 1 aromatic carbocycles. The number of halogens is 2. The Labute approximate surface area is 221 Å². The van der Waals surface area contributed by atoms with E-state index in [2.05, 4.69) is 20.3 Å². The molecule has 204 valence electrons. The number of anilines is 1. The summed E-state index contributed by atoms with van der Waals surface area (Å²) >= 11 is 0. The van der Waals surface area contributed by atoms with Crippen molar-refractivity contribution in [3.8, 4) is 11.1 Å². The van der Waals surface area contributed by atoms with Crippen LogP contribution in [0, 0.1) is 10.1 Å². The minimum atomic E-state index is -0.787. The summed E-state index contributed by atoms with van der Waals surface area (Å²) in [5.41, 5.74) is 12.2. The van der Waals surface area contributed by atoms with E-state index in [1.165, 1.54) is 0 Å². The van der Waals surface area contributed by atoms with E-state index >= 15 is 0 Å². The van der Waals surface area contributed by atoms with Crippen LogP contribution in [0.4, 0.5) is 20.3 Å². The van der Waals surface area contributed by atoms with Gasteiger partial charge in [-0.15, -0.1) is 0 Å². The zero-order valence-electron chi connectivity index (χ0n) is 22.0. The summed E-state index contributed by atoms with van der Waals surface area (Å²) in [7, 11) is 0. The van der Waals surface area contributed by atoms with Gasteiger partial charge in [0.25, 0.3) is 5.69 Å². The summed E-state index contributed by atoms with van der Waals surface area (Å²) < 4.78 is 21.5. The molecule has 0 unspecified atom stereocenters. The maximum atomic E-state index is 11.8. The molecule has 1 aliphatic rings. The number of aromatic nitrogens is 1. The van der Waals surface area contributed by atoms with Crippen LogP contribution in [-0.2, 0) is 6.54 Å². The highest BCUT2D eigenvalue weighted by atomic mass is 19.2. The average Bonchev–Trinajstić information content (AvgIpc) is 3.41. The molecule has 0 spiro atoms. The fraction of sp³-hybridized carbons (Fsp3) is 0.333. The normalized spacial score (nSPS) is 14.9. The Kier molecular flexibility index (Phi) is 12.2. The Balaban J connectivity index is 0.000000926. The van der Waals surface area contributed by atoms with Gasteiger partial charge in [0.15, 0.2) is 5.84 Å². The smallest absolute Gasteiger partial charge is 0.274 e. The van der Waals surface area contributed by atoms with Crippen molar-refractivity contribution in [3.63, 3.8) is 0 Å².